The Morgan fingerprint density at radius 2 is 1.92 bits per heavy atom. The van der Waals surface area contributed by atoms with E-state index in [2.05, 4.69) is 52.9 Å². The molecular formula is C17H20N8. The fourth-order valence-electron chi connectivity index (χ4n) is 3.18. The number of tetrazole rings is 1. The largest absolute Gasteiger partial charge is 0.338 e. The Labute approximate surface area is 144 Å². The number of aryl methyl sites for hydroxylation is 1. The van der Waals surface area contributed by atoms with Crippen molar-refractivity contribution >= 4 is 11.0 Å². The minimum atomic E-state index is -0.0770. The standard InChI is InChI=1S/C17H20N8/c1-10-15(11(2)25(21-10)17(3,4)5)16-19-13-7-6-12(8-14(13)20-16)24-9-18-22-23-24/h6-9H,1-5H3,(H,19,20). The minimum Gasteiger partial charge on any atom is -0.338 e. The van der Waals surface area contributed by atoms with Gasteiger partial charge in [0.05, 0.1) is 33.5 Å². The summed E-state index contributed by atoms with van der Waals surface area (Å²) >= 11 is 0. The highest BCUT2D eigenvalue weighted by Crippen LogP contribution is 2.30. The number of aromatic amines is 1. The number of benzene rings is 1. The zero-order valence-corrected chi connectivity index (χ0v) is 14.9. The number of hydrogen-bond donors (Lipinski definition) is 1. The molecular weight excluding hydrogens is 316 g/mol. The molecule has 0 amide bonds. The van der Waals surface area contributed by atoms with E-state index in [1.807, 2.05) is 25.1 Å². The van der Waals surface area contributed by atoms with Gasteiger partial charge in [-0.05, 0) is 63.2 Å². The number of nitrogens with one attached hydrogen (secondary N) is 1. The molecule has 0 aliphatic carbocycles. The van der Waals surface area contributed by atoms with E-state index in [0.29, 0.717) is 0 Å². The van der Waals surface area contributed by atoms with E-state index in [1.54, 1.807) is 11.0 Å². The van der Waals surface area contributed by atoms with Crippen LogP contribution in [0.25, 0.3) is 28.1 Å². The molecule has 0 aliphatic heterocycles. The van der Waals surface area contributed by atoms with Crippen LogP contribution in [-0.4, -0.2) is 40.0 Å². The van der Waals surface area contributed by atoms with E-state index in [0.717, 1.165) is 39.5 Å². The van der Waals surface area contributed by atoms with E-state index >= 15 is 0 Å². The van der Waals surface area contributed by atoms with Crippen molar-refractivity contribution in [1.82, 2.24) is 40.0 Å². The second-order valence-corrected chi connectivity index (χ2v) is 7.17. The van der Waals surface area contributed by atoms with Gasteiger partial charge in [-0.15, -0.1) is 5.10 Å². The molecule has 0 atom stereocenters. The molecule has 0 unspecified atom stereocenters. The summed E-state index contributed by atoms with van der Waals surface area (Å²) in [6.45, 7) is 10.5. The van der Waals surface area contributed by atoms with Gasteiger partial charge < -0.3 is 4.98 Å². The molecule has 0 saturated heterocycles. The first-order valence-corrected chi connectivity index (χ1v) is 8.15. The summed E-state index contributed by atoms with van der Waals surface area (Å²) in [6.07, 6.45) is 1.57. The molecule has 1 aromatic carbocycles. The van der Waals surface area contributed by atoms with Crippen molar-refractivity contribution in [2.75, 3.05) is 0 Å². The van der Waals surface area contributed by atoms with Gasteiger partial charge >= 0.3 is 0 Å². The van der Waals surface area contributed by atoms with Crippen LogP contribution in [0, 0.1) is 13.8 Å². The molecule has 4 rings (SSSR count). The summed E-state index contributed by atoms with van der Waals surface area (Å²) in [5.74, 6) is 0.828. The van der Waals surface area contributed by atoms with Gasteiger partial charge in [0.1, 0.15) is 12.2 Å². The highest BCUT2D eigenvalue weighted by molar-refractivity contribution is 5.82. The lowest BCUT2D eigenvalue weighted by Crippen LogP contribution is -2.24. The third-order valence-corrected chi connectivity index (χ3v) is 4.24. The summed E-state index contributed by atoms with van der Waals surface area (Å²) in [6, 6.07) is 5.90. The molecule has 3 heterocycles. The summed E-state index contributed by atoms with van der Waals surface area (Å²) in [5, 5.41) is 16.0. The van der Waals surface area contributed by atoms with Crippen LogP contribution in [0.2, 0.25) is 0 Å². The Morgan fingerprint density at radius 3 is 2.56 bits per heavy atom. The Kier molecular flexibility index (Phi) is 3.24. The SMILES string of the molecule is Cc1nn(C(C)(C)C)c(C)c1-c1nc2ccc(-n3cnnn3)cc2[nH]1. The number of hydrogen-bond acceptors (Lipinski definition) is 5. The Balaban J connectivity index is 1.84. The van der Waals surface area contributed by atoms with Crippen LogP contribution in [0.5, 0.6) is 0 Å². The van der Waals surface area contributed by atoms with Crippen LogP contribution >= 0.6 is 0 Å². The summed E-state index contributed by atoms with van der Waals surface area (Å²) < 4.78 is 3.67. The zero-order chi connectivity index (χ0) is 17.8. The molecule has 8 nitrogen and oxygen atoms in total. The average Bonchev–Trinajstić information content (AvgIpc) is 3.24. The maximum absolute atomic E-state index is 4.75. The first-order valence-electron chi connectivity index (χ1n) is 8.15. The van der Waals surface area contributed by atoms with Crippen molar-refractivity contribution in [3.05, 3.63) is 35.9 Å². The van der Waals surface area contributed by atoms with Crippen LogP contribution in [0.1, 0.15) is 32.2 Å². The van der Waals surface area contributed by atoms with Gasteiger partial charge in [0.15, 0.2) is 0 Å². The average molecular weight is 336 g/mol. The van der Waals surface area contributed by atoms with Gasteiger partial charge in [-0.1, -0.05) is 0 Å². The topological polar surface area (TPSA) is 90.1 Å². The van der Waals surface area contributed by atoms with Crippen molar-refractivity contribution in [3.8, 4) is 17.1 Å². The summed E-state index contributed by atoms with van der Waals surface area (Å²) in [4.78, 5) is 8.17. The Morgan fingerprint density at radius 1 is 1.12 bits per heavy atom. The van der Waals surface area contributed by atoms with Crippen LogP contribution < -0.4 is 0 Å². The van der Waals surface area contributed by atoms with Crippen LogP contribution in [0.15, 0.2) is 24.5 Å². The lowest BCUT2D eigenvalue weighted by atomic mass is 10.1. The molecule has 25 heavy (non-hydrogen) atoms. The van der Waals surface area contributed by atoms with Gasteiger partial charge in [-0.3, -0.25) is 4.68 Å². The van der Waals surface area contributed by atoms with E-state index in [1.165, 1.54) is 0 Å². The molecule has 0 saturated carbocycles. The third kappa shape index (κ3) is 2.50. The fourth-order valence-corrected chi connectivity index (χ4v) is 3.18. The molecule has 0 bridgehead atoms. The monoisotopic (exact) mass is 336 g/mol. The molecule has 4 aromatic rings. The molecule has 8 heteroatoms. The van der Waals surface area contributed by atoms with Gasteiger partial charge in [-0.2, -0.15) is 5.10 Å². The number of imidazole rings is 1. The lowest BCUT2D eigenvalue weighted by molar-refractivity contribution is 0.346. The predicted molar refractivity (Wildman–Crippen MR) is 94.5 cm³/mol. The number of rotatable bonds is 2. The third-order valence-electron chi connectivity index (χ3n) is 4.24. The van der Waals surface area contributed by atoms with E-state index < -0.39 is 0 Å². The maximum atomic E-state index is 4.75. The molecule has 0 spiro atoms. The number of fused-ring (bicyclic) bond motifs is 1. The highest BCUT2D eigenvalue weighted by Gasteiger charge is 2.23. The van der Waals surface area contributed by atoms with Gasteiger partial charge in [0.2, 0.25) is 0 Å². The second kappa shape index (κ2) is 5.23. The van der Waals surface area contributed by atoms with Crippen LogP contribution in [0.3, 0.4) is 0 Å². The first kappa shape index (κ1) is 15.5. The number of nitrogens with zero attached hydrogens (tertiary/aromatic N) is 7. The quantitative estimate of drug-likeness (QED) is 0.608. The highest BCUT2D eigenvalue weighted by atomic mass is 15.5. The molecule has 0 radical (unpaired) electrons. The lowest BCUT2D eigenvalue weighted by Gasteiger charge is -2.21. The molecule has 0 fully saturated rings. The summed E-state index contributed by atoms with van der Waals surface area (Å²) in [7, 11) is 0. The van der Waals surface area contributed by atoms with Crippen molar-refractivity contribution in [2.45, 2.75) is 40.2 Å². The molecule has 128 valence electrons. The van der Waals surface area contributed by atoms with E-state index in [-0.39, 0.29) is 5.54 Å². The van der Waals surface area contributed by atoms with E-state index in [4.69, 9.17) is 10.1 Å². The van der Waals surface area contributed by atoms with Crippen molar-refractivity contribution < 1.29 is 0 Å². The van der Waals surface area contributed by atoms with Gasteiger partial charge in [0, 0.05) is 5.69 Å². The second-order valence-electron chi connectivity index (χ2n) is 7.17. The normalized spacial score (nSPS) is 12.2. The van der Waals surface area contributed by atoms with Gasteiger partial charge in [-0.25, -0.2) is 9.67 Å². The Bertz CT molecular complexity index is 1050. The van der Waals surface area contributed by atoms with Crippen molar-refractivity contribution in [3.63, 3.8) is 0 Å². The van der Waals surface area contributed by atoms with Gasteiger partial charge in [0.25, 0.3) is 0 Å². The molecule has 0 aliphatic rings. The fraction of sp³-hybridized carbons (Fsp3) is 0.353. The van der Waals surface area contributed by atoms with Crippen LogP contribution in [0.4, 0.5) is 0 Å². The molecule has 3 aromatic heterocycles. The maximum Gasteiger partial charge on any atom is 0.143 e. The first-order chi connectivity index (χ1) is 11.8. The minimum absolute atomic E-state index is 0.0770. The molecule has 1 N–H and O–H groups in total. The zero-order valence-electron chi connectivity index (χ0n) is 14.9. The Hall–Kier alpha value is -3.03. The number of aromatic nitrogens is 8. The predicted octanol–water partition coefficient (Wildman–Crippen LogP) is 2.77. The van der Waals surface area contributed by atoms with E-state index in [9.17, 15) is 0 Å². The smallest absolute Gasteiger partial charge is 0.143 e. The van der Waals surface area contributed by atoms with Crippen LogP contribution in [-0.2, 0) is 5.54 Å². The summed E-state index contributed by atoms with van der Waals surface area (Å²) in [5.41, 5.74) is 5.75. The number of H-pyrrole nitrogens is 1. The van der Waals surface area contributed by atoms with Crippen molar-refractivity contribution in [2.24, 2.45) is 0 Å². The van der Waals surface area contributed by atoms with Crippen molar-refractivity contribution in [1.29, 1.82) is 0 Å².